The number of ketones is 1. The van der Waals surface area contributed by atoms with Crippen molar-refractivity contribution >= 4 is 21.7 Å². The van der Waals surface area contributed by atoms with E-state index in [0.29, 0.717) is 0 Å². The van der Waals surface area contributed by atoms with E-state index in [0.717, 1.165) is 15.6 Å². The van der Waals surface area contributed by atoms with Gasteiger partial charge in [0.2, 0.25) is 0 Å². The molecule has 0 aliphatic carbocycles. The Bertz CT molecular complexity index is 420. The third-order valence-electron chi connectivity index (χ3n) is 2.23. The molecule has 1 aromatic carbocycles. The quantitative estimate of drug-likeness (QED) is 0.841. The molecule has 1 unspecified atom stereocenters. The van der Waals surface area contributed by atoms with Gasteiger partial charge >= 0.3 is 0 Å². The second-order valence-electron chi connectivity index (χ2n) is 3.60. The number of nitrogens with zero attached hydrogens (tertiary/aromatic N) is 1. The van der Waals surface area contributed by atoms with E-state index >= 15 is 0 Å². The van der Waals surface area contributed by atoms with Crippen molar-refractivity contribution in [3.8, 4) is 6.07 Å². The molecule has 0 spiro atoms. The summed E-state index contributed by atoms with van der Waals surface area (Å²) in [4.78, 5) is 11.0. The van der Waals surface area contributed by atoms with Crippen LogP contribution in [0.25, 0.3) is 0 Å². The van der Waals surface area contributed by atoms with Crippen LogP contribution in [0.1, 0.15) is 30.4 Å². The minimum absolute atomic E-state index is 0.0436. The molecule has 15 heavy (non-hydrogen) atoms. The number of carbonyl (C=O) groups excluding carboxylic acids is 1. The Hall–Kier alpha value is -1.14. The van der Waals surface area contributed by atoms with E-state index in [9.17, 15) is 4.79 Å². The lowest BCUT2D eigenvalue weighted by Crippen LogP contribution is -2.02. The molecular weight excluding hydrogens is 254 g/mol. The van der Waals surface area contributed by atoms with Crippen LogP contribution in [0.5, 0.6) is 0 Å². The van der Waals surface area contributed by atoms with E-state index in [1.807, 2.05) is 25.1 Å². The molecule has 78 valence electrons. The molecule has 0 aromatic heterocycles. The van der Waals surface area contributed by atoms with Crippen molar-refractivity contribution in [3.05, 3.63) is 33.8 Å². The maximum Gasteiger partial charge on any atom is 0.131 e. The number of aryl methyl sites for hydroxylation is 1. The lowest BCUT2D eigenvalue weighted by Gasteiger charge is -2.08. The highest BCUT2D eigenvalue weighted by Crippen LogP contribution is 2.24. The molecule has 2 nitrogen and oxygen atoms in total. The monoisotopic (exact) mass is 265 g/mol. The minimum Gasteiger partial charge on any atom is -0.300 e. The smallest absolute Gasteiger partial charge is 0.131 e. The number of benzene rings is 1. The zero-order chi connectivity index (χ0) is 11.4. The summed E-state index contributed by atoms with van der Waals surface area (Å²) in [6, 6.07) is 7.90. The van der Waals surface area contributed by atoms with E-state index in [1.165, 1.54) is 6.92 Å². The van der Waals surface area contributed by atoms with Gasteiger partial charge in [-0.1, -0.05) is 28.1 Å². The molecule has 1 atom stereocenters. The normalized spacial score (nSPS) is 11.9. The lowest BCUT2D eigenvalue weighted by atomic mass is 9.94. The van der Waals surface area contributed by atoms with Gasteiger partial charge in [0.25, 0.3) is 0 Å². The fraction of sp³-hybridized carbons (Fsp3) is 0.333. The molecule has 0 N–H and O–H groups in total. The Labute approximate surface area is 98.0 Å². The third kappa shape index (κ3) is 3.17. The molecule has 0 bridgehead atoms. The van der Waals surface area contributed by atoms with Crippen LogP contribution in [-0.2, 0) is 4.79 Å². The van der Waals surface area contributed by atoms with Gasteiger partial charge in [-0.05, 0) is 31.0 Å². The fourth-order valence-corrected chi connectivity index (χ4v) is 1.66. The highest BCUT2D eigenvalue weighted by atomic mass is 79.9. The van der Waals surface area contributed by atoms with Gasteiger partial charge in [0.05, 0.1) is 12.0 Å². The molecule has 0 aliphatic heterocycles. The molecule has 1 rings (SSSR count). The van der Waals surface area contributed by atoms with Gasteiger partial charge in [-0.15, -0.1) is 0 Å². The van der Waals surface area contributed by atoms with Crippen molar-refractivity contribution in [2.45, 2.75) is 26.2 Å². The molecule has 3 heteroatoms. The van der Waals surface area contributed by atoms with Gasteiger partial charge in [-0.3, -0.25) is 4.79 Å². The van der Waals surface area contributed by atoms with E-state index < -0.39 is 0 Å². The predicted octanol–water partition coefficient (Wildman–Crippen LogP) is 3.34. The van der Waals surface area contributed by atoms with E-state index in [1.54, 1.807) is 0 Å². The largest absolute Gasteiger partial charge is 0.300 e. The Morgan fingerprint density at radius 1 is 1.60 bits per heavy atom. The minimum atomic E-state index is -0.325. The molecule has 1 aromatic rings. The molecule has 0 fully saturated rings. The average molecular weight is 266 g/mol. The Balaban J connectivity index is 2.98. The summed E-state index contributed by atoms with van der Waals surface area (Å²) in [6.07, 6.45) is 0.289. The van der Waals surface area contributed by atoms with Crippen LogP contribution >= 0.6 is 15.9 Å². The molecule has 0 saturated heterocycles. The van der Waals surface area contributed by atoms with Gasteiger partial charge in [-0.2, -0.15) is 5.26 Å². The Morgan fingerprint density at radius 3 is 2.73 bits per heavy atom. The Kier molecular flexibility index (Phi) is 4.05. The molecule has 0 aliphatic rings. The SMILES string of the molecule is CC(=O)CC(C#N)c1ccc(Br)c(C)c1. The van der Waals surface area contributed by atoms with E-state index in [2.05, 4.69) is 22.0 Å². The molecule has 0 radical (unpaired) electrons. The van der Waals surface area contributed by atoms with Crippen molar-refractivity contribution in [3.63, 3.8) is 0 Å². The standard InChI is InChI=1S/C12H12BrNO/c1-8-5-10(3-4-12(8)13)11(7-14)6-9(2)15/h3-5,11H,6H2,1-2H3. The van der Waals surface area contributed by atoms with Crippen LogP contribution in [0.4, 0.5) is 0 Å². The first kappa shape index (κ1) is 11.9. The Morgan fingerprint density at radius 2 is 2.27 bits per heavy atom. The maximum absolute atomic E-state index is 11.0. The van der Waals surface area contributed by atoms with Crippen molar-refractivity contribution in [1.82, 2.24) is 0 Å². The van der Waals surface area contributed by atoms with Crippen LogP contribution in [0.2, 0.25) is 0 Å². The second-order valence-corrected chi connectivity index (χ2v) is 4.45. The predicted molar refractivity (Wildman–Crippen MR) is 62.5 cm³/mol. The van der Waals surface area contributed by atoms with E-state index in [-0.39, 0.29) is 18.1 Å². The number of hydrogen-bond acceptors (Lipinski definition) is 2. The van der Waals surface area contributed by atoms with Crippen LogP contribution in [-0.4, -0.2) is 5.78 Å². The van der Waals surface area contributed by atoms with Crippen LogP contribution in [0, 0.1) is 18.3 Å². The summed E-state index contributed by atoms with van der Waals surface area (Å²) in [6.45, 7) is 3.48. The van der Waals surface area contributed by atoms with Crippen molar-refractivity contribution in [2.24, 2.45) is 0 Å². The number of rotatable bonds is 3. The molecule has 0 saturated carbocycles. The number of carbonyl (C=O) groups is 1. The average Bonchev–Trinajstić information content (AvgIpc) is 2.18. The number of Topliss-reactive ketones (excluding diaryl/α,β-unsaturated/α-hetero) is 1. The van der Waals surface area contributed by atoms with Crippen LogP contribution in [0.3, 0.4) is 0 Å². The first-order chi connectivity index (χ1) is 7.04. The highest BCUT2D eigenvalue weighted by Gasteiger charge is 2.13. The van der Waals surface area contributed by atoms with Crippen molar-refractivity contribution < 1.29 is 4.79 Å². The van der Waals surface area contributed by atoms with Gasteiger partial charge in [0.1, 0.15) is 5.78 Å². The summed E-state index contributed by atoms with van der Waals surface area (Å²) < 4.78 is 1.02. The zero-order valence-corrected chi connectivity index (χ0v) is 10.3. The fourth-order valence-electron chi connectivity index (χ4n) is 1.41. The topological polar surface area (TPSA) is 40.9 Å². The summed E-state index contributed by atoms with van der Waals surface area (Å²) in [7, 11) is 0. The summed E-state index contributed by atoms with van der Waals surface area (Å²) in [5.41, 5.74) is 1.99. The van der Waals surface area contributed by atoms with Gasteiger partial charge in [-0.25, -0.2) is 0 Å². The lowest BCUT2D eigenvalue weighted by molar-refractivity contribution is -0.117. The van der Waals surface area contributed by atoms with Crippen LogP contribution in [0.15, 0.2) is 22.7 Å². The summed E-state index contributed by atoms with van der Waals surface area (Å²) in [5, 5.41) is 8.97. The highest BCUT2D eigenvalue weighted by molar-refractivity contribution is 9.10. The summed E-state index contributed by atoms with van der Waals surface area (Å²) >= 11 is 3.40. The number of nitriles is 1. The van der Waals surface area contributed by atoms with E-state index in [4.69, 9.17) is 5.26 Å². The molecule has 0 heterocycles. The van der Waals surface area contributed by atoms with Crippen molar-refractivity contribution in [1.29, 1.82) is 5.26 Å². The van der Waals surface area contributed by atoms with Gasteiger partial charge in [0.15, 0.2) is 0 Å². The first-order valence-corrected chi connectivity index (χ1v) is 5.49. The third-order valence-corrected chi connectivity index (χ3v) is 3.12. The first-order valence-electron chi connectivity index (χ1n) is 4.69. The molecular formula is C12H12BrNO. The van der Waals surface area contributed by atoms with Crippen molar-refractivity contribution in [2.75, 3.05) is 0 Å². The second kappa shape index (κ2) is 5.09. The molecule has 0 amide bonds. The van der Waals surface area contributed by atoms with Gasteiger partial charge in [0, 0.05) is 10.9 Å². The number of halogens is 1. The van der Waals surface area contributed by atoms with Gasteiger partial charge < -0.3 is 0 Å². The zero-order valence-electron chi connectivity index (χ0n) is 8.75. The number of hydrogen-bond donors (Lipinski definition) is 0. The van der Waals surface area contributed by atoms with Crippen LogP contribution < -0.4 is 0 Å². The summed E-state index contributed by atoms with van der Waals surface area (Å²) in [5.74, 6) is -0.281. The maximum atomic E-state index is 11.0.